The minimum atomic E-state index is -4.92. The summed E-state index contributed by atoms with van der Waals surface area (Å²) in [6.45, 7) is 2.28. The van der Waals surface area contributed by atoms with Crippen LogP contribution in [0, 0.1) is 0 Å². The summed E-state index contributed by atoms with van der Waals surface area (Å²) in [5.74, 6) is 0. The predicted molar refractivity (Wildman–Crippen MR) is 149 cm³/mol. The van der Waals surface area contributed by atoms with Gasteiger partial charge in [0, 0.05) is 0 Å². The molecule has 0 heterocycles. The van der Waals surface area contributed by atoms with Gasteiger partial charge >= 0.3 is 0 Å². The fraction of sp³-hybridized carbons (Fsp3) is 0.310. The van der Waals surface area contributed by atoms with Crippen LogP contribution in [0.5, 0.6) is 0 Å². The zero-order valence-corrected chi connectivity index (χ0v) is 22.2. The summed E-state index contributed by atoms with van der Waals surface area (Å²) in [6, 6.07) is 33.5. The Kier molecular flexibility index (Phi) is 12.9. The van der Waals surface area contributed by atoms with Gasteiger partial charge in [-0.1, -0.05) is 106 Å². The normalized spacial score (nSPS) is 11.7. The smallest absolute Gasteiger partial charge is 0.215 e. The molecule has 0 aromatic heterocycles. The summed E-state index contributed by atoms with van der Waals surface area (Å²) in [5, 5.41) is 4.39. The van der Waals surface area contributed by atoms with Crippen molar-refractivity contribution in [2.75, 3.05) is 6.16 Å². The summed E-state index contributed by atoms with van der Waals surface area (Å²) in [6.07, 6.45) is 15.3. The van der Waals surface area contributed by atoms with Crippen LogP contribution in [0.3, 0.4) is 0 Å². The summed E-state index contributed by atoms with van der Waals surface area (Å²) < 4.78 is 32.8. The molecule has 35 heavy (non-hydrogen) atoms. The molecule has 0 aliphatic heterocycles. The Bertz CT molecular complexity index is 981. The zero-order valence-electron chi connectivity index (χ0n) is 20.5. The van der Waals surface area contributed by atoms with Crippen LogP contribution in [-0.2, 0) is 10.4 Å². The zero-order chi connectivity index (χ0) is 25.4. The molecule has 6 heteroatoms. The van der Waals surface area contributed by atoms with E-state index in [-0.39, 0.29) is 0 Å². The third kappa shape index (κ3) is 10.5. The number of allylic oxidation sites excluding steroid dienone is 2. The highest BCUT2D eigenvalue weighted by Gasteiger charge is 2.43. The van der Waals surface area contributed by atoms with Crippen LogP contribution < -0.4 is 15.9 Å². The molecular weight excluding hydrogens is 475 g/mol. The maximum atomic E-state index is 8.63. The lowest BCUT2D eigenvalue weighted by Crippen LogP contribution is -2.32. The second-order valence-electron chi connectivity index (χ2n) is 8.45. The van der Waals surface area contributed by atoms with Crippen LogP contribution in [0.4, 0.5) is 0 Å². The molecule has 0 saturated heterocycles. The Balaban J connectivity index is 0.000000784. The maximum Gasteiger partial charge on any atom is 0.215 e. The molecule has 0 aliphatic rings. The van der Waals surface area contributed by atoms with Gasteiger partial charge < -0.3 is 4.55 Å². The summed E-state index contributed by atoms with van der Waals surface area (Å²) >= 11 is 0. The summed E-state index contributed by atoms with van der Waals surface area (Å²) in [5.41, 5.74) is 0. The molecule has 0 fully saturated rings. The topological polar surface area (TPSA) is 77.4 Å². The van der Waals surface area contributed by atoms with Gasteiger partial charge in [0.1, 0.15) is 23.2 Å². The number of unbranched alkanes of at least 4 members (excludes halogenated alkanes) is 6. The van der Waals surface area contributed by atoms with E-state index in [1.165, 1.54) is 60.9 Å². The van der Waals surface area contributed by atoms with E-state index in [0.29, 0.717) is 0 Å². The first-order chi connectivity index (χ1) is 16.9. The minimum Gasteiger partial charge on any atom is -0.726 e. The molecule has 3 aromatic carbocycles. The minimum absolute atomic E-state index is 1.08. The molecule has 0 spiro atoms. The van der Waals surface area contributed by atoms with E-state index in [4.69, 9.17) is 17.5 Å². The molecule has 0 amide bonds. The Morgan fingerprint density at radius 2 is 1.06 bits per heavy atom. The van der Waals surface area contributed by atoms with E-state index in [0.717, 1.165) is 6.16 Å². The molecule has 0 saturated carbocycles. The highest BCUT2D eigenvalue weighted by molar-refractivity contribution is 7.95. The first kappa shape index (κ1) is 28.9. The average Bonchev–Trinajstić information content (AvgIpc) is 2.86. The Hall–Kier alpha value is -2.30. The SMILES string of the molecule is CCCCCCCCC=CC[P+](c1ccccc1)(c1ccccc1)c1ccccc1.O=S(=O)([O-])O. The van der Waals surface area contributed by atoms with Crippen molar-refractivity contribution >= 4 is 33.6 Å². The molecule has 0 unspecified atom stereocenters. The van der Waals surface area contributed by atoms with E-state index in [1.54, 1.807) is 0 Å². The van der Waals surface area contributed by atoms with Gasteiger partial charge in [-0.3, -0.25) is 4.55 Å². The molecule has 3 rings (SSSR count). The molecule has 188 valence electrons. The standard InChI is InChI=1S/C29H36P.H2O4S/c1-2-3-4-5-6-7-8-9-19-26-30(27-20-13-10-14-21-27,28-22-15-11-16-23-28)29-24-17-12-18-25-29;1-5(2,3)4/h9-25H,2-8,26H2,1H3;(H2,1,2,3,4)/q+1;/p-1. The van der Waals surface area contributed by atoms with Gasteiger partial charge in [0.15, 0.2) is 0 Å². The van der Waals surface area contributed by atoms with E-state index < -0.39 is 17.7 Å². The lowest BCUT2D eigenvalue weighted by Gasteiger charge is -2.26. The van der Waals surface area contributed by atoms with Crippen molar-refractivity contribution in [3.8, 4) is 0 Å². The third-order valence-electron chi connectivity index (χ3n) is 5.86. The highest BCUT2D eigenvalue weighted by atomic mass is 32.3. The second kappa shape index (κ2) is 15.6. The maximum absolute atomic E-state index is 8.63. The molecule has 0 aliphatic carbocycles. The van der Waals surface area contributed by atoms with Crippen molar-refractivity contribution in [3.05, 3.63) is 103 Å². The van der Waals surface area contributed by atoms with Gasteiger partial charge in [-0.2, -0.15) is 0 Å². The predicted octanol–water partition coefficient (Wildman–Crippen LogP) is 6.29. The van der Waals surface area contributed by atoms with Crippen molar-refractivity contribution in [1.29, 1.82) is 0 Å². The van der Waals surface area contributed by atoms with Gasteiger partial charge in [-0.05, 0) is 49.2 Å². The quantitative estimate of drug-likeness (QED) is 0.102. The van der Waals surface area contributed by atoms with Gasteiger partial charge in [-0.25, -0.2) is 8.42 Å². The molecule has 3 aromatic rings. The van der Waals surface area contributed by atoms with Gasteiger partial charge in [-0.15, -0.1) is 0 Å². The molecular formula is C29H37O4PS. The lowest BCUT2D eigenvalue weighted by molar-refractivity contribution is 0.366. The van der Waals surface area contributed by atoms with E-state index in [9.17, 15) is 0 Å². The van der Waals surface area contributed by atoms with Crippen LogP contribution >= 0.6 is 7.26 Å². The first-order valence-electron chi connectivity index (χ1n) is 12.3. The number of hydrogen-bond acceptors (Lipinski definition) is 3. The molecule has 4 nitrogen and oxygen atoms in total. The Labute approximate surface area is 212 Å². The third-order valence-corrected chi connectivity index (χ3v) is 10.2. The summed E-state index contributed by atoms with van der Waals surface area (Å²) in [7, 11) is -6.63. The van der Waals surface area contributed by atoms with E-state index in [1.807, 2.05) is 0 Å². The van der Waals surface area contributed by atoms with Crippen LogP contribution in [0.25, 0.3) is 0 Å². The largest absolute Gasteiger partial charge is 0.726 e. The number of hydrogen-bond donors (Lipinski definition) is 1. The number of rotatable bonds is 12. The lowest BCUT2D eigenvalue weighted by atomic mass is 10.1. The van der Waals surface area contributed by atoms with Crippen LogP contribution in [0.15, 0.2) is 103 Å². The van der Waals surface area contributed by atoms with Gasteiger partial charge in [0.05, 0.1) is 6.16 Å². The average molecular weight is 513 g/mol. The second-order valence-corrected chi connectivity index (χ2v) is 12.8. The fourth-order valence-electron chi connectivity index (χ4n) is 4.20. The van der Waals surface area contributed by atoms with E-state index >= 15 is 0 Å². The Morgan fingerprint density at radius 1 is 0.686 bits per heavy atom. The van der Waals surface area contributed by atoms with Gasteiger partial charge in [0.25, 0.3) is 0 Å². The van der Waals surface area contributed by atoms with Crippen molar-refractivity contribution in [2.24, 2.45) is 0 Å². The van der Waals surface area contributed by atoms with Crippen molar-refractivity contribution in [2.45, 2.75) is 51.9 Å². The van der Waals surface area contributed by atoms with Crippen molar-refractivity contribution in [1.82, 2.24) is 0 Å². The summed E-state index contributed by atoms with van der Waals surface area (Å²) in [4.78, 5) is 0. The molecule has 0 bridgehead atoms. The monoisotopic (exact) mass is 512 g/mol. The number of benzene rings is 3. The van der Waals surface area contributed by atoms with Crippen LogP contribution in [-0.4, -0.2) is 23.7 Å². The van der Waals surface area contributed by atoms with Crippen LogP contribution in [0.1, 0.15) is 51.9 Å². The highest BCUT2D eigenvalue weighted by Crippen LogP contribution is 2.55. The Morgan fingerprint density at radius 3 is 1.46 bits per heavy atom. The van der Waals surface area contributed by atoms with Gasteiger partial charge in [0.2, 0.25) is 10.4 Å². The fourth-order valence-corrected chi connectivity index (χ4v) is 8.24. The van der Waals surface area contributed by atoms with Crippen molar-refractivity contribution < 1.29 is 17.5 Å². The van der Waals surface area contributed by atoms with Crippen LogP contribution in [0.2, 0.25) is 0 Å². The molecule has 0 radical (unpaired) electrons. The van der Waals surface area contributed by atoms with E-state index in [2.05, 4.69) is 110 Å². The molecule has 1 N–H and O–H groups in total. The molecule has 0 atom stereocenters. The first-order valence-corrected chi connectivity index (χ1v) is 15.6. The van der Waals surface area contributed by atoms with Crippen molar-refractivity contribution in [3.63, 3.8) is 0 Å².